The molecule has 24 heavy (non-hydrogen) atoms. The summed E-state index contributed by atoms with van der Waals surface area (Å²) in [5, 5.41) is 2.09. The molecular weight excluding hydrogens is 328 g/mol. The van der Waals surface area contributed by atoms with Gasteiger partial charge in [-0.25, -0.2) is 17.6 Å². The highest BCUT2D eigenvalue weighted by molar-refractivity contribution is 5.97. The van der Waals surface area contributed by atoms with Gasteiger partial charge in [0.05, 0.1) is 0 Å². The lowest BCUT2D eigenvalue weighted by atomic mass is 10.0. The molecule has 0 aliphatic rings. The third-order valence-electron chi connectivity index (χ3n) is 3.24. The van der Waals surface area contributed by atoms with Gasteiger partial charge in [0, 0.05) is 18.6 Å². The highest BCUT2D eigenvalue weighted by Crippen LogP contribution is 2.15. The number of hydrogen-bond donors (Lipinski definition) is 2. The smallest absolute Gasteiger partial charge is 0.257 e. The van der Waals surface area contributed by atoms with E-state index in [-0.39, 0.29) is 6.42 Å². The summed E-state index contributed by atoms with van der Waals surface area (Å²) < 4.78 is 52.9. The van der Waals surface area contributed by atoms with Crippen LogP contribution in [-0.4, -0.2) is 17.9 Å². The normalized spacial score (nSPS) is 11.8. The van der Waals surface area contributed by atoms with E-state index in [1.165, 1.54) is 12.1 Å². The molecule has 0 heterocycles. The second kappa shape index (κ2) is 7.12. The maximum Gasteiger partial charge on any atom is 0.257 e. The van der Waals surface area contributed by atoms with Crippen LogP contribution in [0.2, 0.25) is 0 Å². The summed E-state index contributed by atoms with van der Waals surface area (Å²) in [5.41, 5.74) is 4.61. The Morgan fingerprint density at radius 1 is 0.958 bits per heavy atom. The molecule has 0 saturated carbocycles. The maximum absolute atomic E-state index is 13.6. The van der Waals surface area contributed by atoms with E-state index in [0.717, 1.165) is 12.1 Å². The Bertz CT molecular complexity index is 755. The van der Waals surface area contributed by atoms with Gasteiger partial charge in [0.15, 0.2) is 0 Å². The molecule has 2 aromatic carbocycles. The number of halogens is 4. The van der Waals surface area contributed by atoms with Crippen LogP contribution in [-0.2, 0) is 11.2 Å². The highest BCUT2D eigenvalue weighted by atomic mass is 19.1. The summed E-state index contributed by atoms with van der Waals surface area (Å²) in [5.74, 6) is -6.69. The molecule has 126 valence electrons. The Labute approximate surface area is 134 Å². The van der Waals surface area contributed by atoms with E-state index >= 15 is 0 Å². The zero-order chi connectivity index (χ0) is 17.9. The quantitative estimate of drug-likeness (QED) is 0.818. The minimum atomic E-state index is -1.41. The van der Waals surface area contributed by atoms with Gasteiger partial charge in [0.1, 0.15) is 34.9 Å². The number of rotatable bonds is 5. The number of primary amides is 1. The molecule has 2 rings (SSSR count). The highest BCUT2D eigenvalue weighted by Gasteiger charge is 2.24. The van der Waals surface area contributed by atoms with E-state index < -0.39 is 46.7 Å². The van der Waals surface area contributed by atoms with Gasteiger partial charge in [-0.15, -0.1) is 0 Å². The number of amides is 2. The minimum absolute atomic E-state index is 0.105. The Morgan fingerprint density at radius 2 is 1.50 bits per heavy atom. The van der Waals surface area contributed by atoms with Gasteiger partial charge in [-0.3, -0.25) is 9.59 Å². The fourth-order valence-electron chi connectivity index (χ4n) is 2.07. The van der Waals surface area contributed by atoms with Gasteiger partial charge in [0.2, 0.25) is 5.91 Å². The van der Waals surface area contributed by atoms with Crippen LogP contribution in [0.1, 0.15) is 15.9 Å². The van der Waals surface area contributed by atoms with E-state index in [9.17, 15) is 27.2 Å². The van der Waals surface area contributed by atoms with Crippen LogP contribution in [0.25, 0.3) is 0 Å². The molecule has 0 fully saturated rings. The van der Waals surface area contributed by atoms with E-state index in [0.29, 0.717) is 17.7 Å². The average Bonchev–Trinajstić information content (AvgIpc) is 2.47. The second-order valence-corrected chi connectivity index (χ2v) is 5.00. The molecule has 2 aromatic rings. The predicted molar refractivity (Wildman–Crippen MR) is 76.9 cm³/mol. The first kappa shape index (κ1) is 17.5. The van der Waals surface area contributed by atoms with Crippen LogP contribution in [0.3, 0.4) is 0 Å². The van der Waals surface area contributed by atoms with E-state index in [2.05, 4.69) is 5.32 Å². The van der Waals surface area contributed by atoms with Crippen molar-refractivity contribution in [2.75, 3.05) is 0 Å². The fraction of sp³-hybridized carbons (Fsp3) is 0.125. The first-order valence-electron chi connectivity index (χ1n) is 6.77. The number of benzene rings is 2. The summed E-state index contributed by atoms with van der Waals surface area (Å²) in [6, 6.07) is 4.44. The van der Waals surface area contributed by atoms with E-state index in [1.807, 2.05) is 0 Å². The van der Waals surface area contributed by atoms with E-state index in [1.54, 1.807) is 0 Å². The summed E-state index contributed by atoms with van der Waals surface area (Å²) in [6.45, 7) is 0. The fourth-order valence-corrected chi connectivity index (χ4v) is 2.07. The molecule has 0 aliphatic heterocycles. The maximum atomic E-state index is 13.6. The van der Waals surface area contributed by atoms with Crippen LogP contribution in [0.5, 0.6) is 0 Å². The van der Waals surface area contributed by atoms with Crippen LogP contribution in [0.15, 0.2) is 36.4 Å². The Balaban J connectivity index is 2.20. The van der Waals surface area contributed by atoms with Crippen LogP contribution in [0, 0.1) is 23.3 Å². The summed E-state index contributed by atoms with van der Waals surface area (Å²) in [7, 11) is 0. The second-order valence-electron chi connectivity index (χ2n) is 5.00. The molecule has 0 aliphatic carbocycles. The number of nitrogens with two attached hydrogens (primary N) is 1. The molecular formula is C16H12F4N2O2. The number of hydrogen-bond acceptors (Lipinski definition) is 2. The number of nitrogens with one attached hydrogen (secondary N) is 1. The standard InChI is InChI=1S/C16H12F4N2O2/c17-9-3-1-8(2-4-9)5-13(15(21)23)22-16(24)14-11(19)6-10(18)7-12(14)20/h1-4,6-7,13H,5H2,(H2,21,23)(H,22,24)/t13-/m1/s1. The molecule has 0 bridgehead atoms. The first-order chi connectivity index (χ1) is 11.3. The molecule has 8 heteroatoms. The average molecular weight is 340 g/mol. The van der Waals surface area contributed by atoms with Crippen molar-refractivity contribution in [1.82, 2.24) is 5.32 Å². The topological polar surface area (TPSA) is 72.2 Å². The molecule has 0 aromatic heterocycles. The van der Waals surface area contributed by atoms with E-state index in [4.69, 9.17) is 5.73 Å². The SMILES string of the molecule is NC(=O)[C@@H](Cc1ccc(F)cc1)NC(=O)c1c(F)cc(F)cc1F. The van der Waals surface area contributed by atoms with Gasteiger partial charge in [0.25, 0.3) is 5.91 Å². The van der Waals surface area contributed by atoms with Gasteiger partial charge < -0.3 is 11.1 Å². The molecule has 0 radical (unpaired) electrons. The molecule has 0 unspecified atom stereocenters. The molecule has 1 atom stereocenters. The summed E-state index contributed by atoms with van der Waals surface area (Å²) >= 11 is 0. The minimum Gasteiger partial charge on any atom is -0.368 e. The third kappa shape index (κ3) is 4.09. The number of carbonyl (C=O) groups is 2. The number of carbonyl (C=O) groups excluding carboxylic acids is 2. The van der Waals surface area contributed by atoms with Crippen molar-refractivity contribution in [3.05, 3.63) is 70.8 Å². The van der Waals surface area contributed by atoms with Crippen molar-refractivity contribution in [2.24, 2.45) is 5.73 Å². The molecule has 2 amide bonds. The molecule has 0 saturated heterocycles. The van der Waals surface area contributed by atoms with Gasteiger partial charge in [-0.1, -0.05) is 12.1 Å². The zero-order valence-electron chi connectivity index (χ0n) is 12.2. The van der Waals surface area contributed by atoms with Gasteiger partial charge >= 0.3 is 0 Å². The predicted octanol–water partition coefficient (Wildman–Crippen LogP) is 2.07. The van der Waals surface area contributed by atoms with Crippen LogP contribution < -0.4 is 11.1 Å². The monoisotopic (exact) mass is 340 g/mol. The third-order valence-corrected chi connectivity index (χ3v) is 3.24. The van der Waals surface area contributed by atoms with Crippen molar-refractivity contribution in [3.63, 3.8) is 0 Å². The van der Waals surface area contributed by atoms with Crippen LogP contribution in [0.4, 0.5) is 17.6 Å². The molecule has 0 spiro atoms. The Morgan fingerprint density at radius 3 is 2.00 bits per heavy atom. The molecule has 4 nitrogen and oxygen atoms in total. The van der Waals surface area contributed by atoms with Crippen molar-refractivity contribution in [2.45, 2.75) is 12.5 Å². The molecule has 3 N–H and O–H groups in total. The lowest BCUT2D eigenvalue weighted by Gasteiger charge is -2.16. The van der Waals surface area contributed by atoms with Crippen LogP contribution >= 0.6 is 0 Å². The summed E-state index contributed by atoms with van der Waals surface area (Å²) in [4.78, 5) is 23.4. The van der Waals surface area contributed by atoms with Gasteiger partial charge in [-0.2, -0.15) is 0 Å². The van der Waals surface area contributed by atoms with Crippen molar-refractivity contribution >= 4 is 11.8 Å². The first-order valence-corrected chi connectivity index (χ1v) is 6.77. The van der Waals surface area contributed by atoms with Gasteiger partial charge in [-0.05, 0) is 17.7 Å². The lowest BCUT2D eigenvalue weighted by molar-refractivity contribution is -0.119. The summed E-state index contributed by atoms with van der Waals surface area (Å²) in [6.07, 6.45) is -0.105. The largest absolute Gasteiger partial charge is 0.368 e. The Hall–Kier alpha value is -2.90. The van der Waals surface area contributed by atoms with Crippen molar-refractivity contribution in [3.8, 4) is 0 Å². The Kier molecular flexibility index (Phi) is 5.18. The lowest BCUT2D eigenvalue weighted by Crippen LogP contribution is -2.46. The zero-order valence-corrected chi connectivity index (χ0v) is 12.2. The van der Waals surface area contributed by atoms with Crippen molar-refractivity contribution in [1.29, 1.82) is 0 Å². The van der Waals surface area contributed by atoms with Crippen molar-refractivity contribution < 1.29 is 27.2 Å².